The molecule has 19 heavy (non-hydrogen) atoms. The van der Waals surface area contributed by atoms with Crippen LogP contribution in [-0.2, 0) is 4.79 Å². The third-order valence-corrected chi connectivity index (χ3v) is 4.91. The molecule has 1 aromatic heterocycles. The third kappa shape index (κ3) is 2.36. The molecule has 1 aliphatic rings. The minimum Gasteiger partial charge on any atom is -0.478 e. The van der Waals surface area contributed by atoms with Crippen LogP contribution >= 0.6 is 11.5 Å². The predicted molar refractivity (Wildman–Crippen MR) is 73.8 cm³/mol. The lowest BCUT2D eigenvalue weighted by molar-refractivity contribution is -0.126. The highest BCUT2D eigenvalue weighted by Gasteiger charge is 2.39. The van der Waals surface area contributed by atoms with E-state index >= 15 is 0 Å². The van der Waals surface area contributed by atoms with E-state index in [1.165, 1.54) is 4.90 Å². The molecule has 1 heterocycles. The summed E-state index contributed by atoms with van der Waals surface area (Å²) in [7, 11) is 1.64. The number of carboxylic acids is 1. The molecule has 0 spiro atoms. The Labute approximate surface area is 116 Å². The molecule has 1 aliphatic carbocycles. The molecule has 1 amide bonds. The lowest BCUT2D eigenvalue weighted by Crippen LogP contribution is -2.39. The van der Waals surface area contributed by atoms with Gasteiger partial charge in [-0.05, 0) is 31.3 Å². The number of aromatic carboxylic acids is 1. The van der Waals surface area contributed by atoms with Crippen LogP contribution in [0.15, 0.2) is 0 Å². The molecule has 1 aromatic rings. The summed E-state index contributed by atoms with van der Waals surface area (Å²) in [5.74, 6) is -1.03. The maximum atomic E-state index is 12.6. The second-order valence-electron chi connectivity index (χ2n) is 5.39. The summed E-state index contributed by atoms with van der Waals surface area (Å²) in [6, 6.07) is 0. The number of carbonyl (C=O) groups is 2. The Hall–Kier alpha value is -1.43. The Morgan fingerprint density at radius 1 is 1.37 bits per heavy atom. The van der Waals surface area contributed by atoms with E-state index in [4.69, 9.17) is 0 Å². The van der Waals surface area contributed by atoms with Gasteiger partial charge in [-0.1, -0.05) is 19.8 Å². The second-order valence-corrected chi connectivity index (χ2v) is 6.14. The van der Waals surface area contributed by atoms with Gasteiger partial charge in [0.2, 0.25) is 5.91 Å². The second kappa shape index (κ2) is 4.92. The van der Waals surface area contributed by atoms with E-state index in [1.54, 1.807) is 14.0 Å². The first kappa shape index (κ1) is 14.0. The van der Waals surface area contributed by atoms with Crippen LogP contribution in [0.2, 0.25) is 0 Å². The summed E-state index contributed by atoms with van der Waals surface area (Å²) in [5, 5.41) is 9.66. The largest absolute Gasteiger partial charge is 0.478 e. The molecule has 5 nitrogen and oxygen atoms in total. The summed E-state index contributed by atoms with van der Waals surface area (Å²) in [6.07, 6.45) is 3.86. The number of hydrogen-bond acceptors (Lipinski definition) is 4. The van der Waals surface area contributed by atoms with Crippen molar-refractivity contribution in [3.63, 3.8) is 0 Å². The maximum Gasteiger partial charge on any atom is 0.340 e. The first-order valence-electron chi connectivity index (χ1n) is 6.34. The molecule has 1 N–H and O–H groups in total. The maximum absolute atomic E-state index is 12.6. The van der Waals surface area contributed by atoms with Crippen molar-refractivity contribution in [1.82, 2.24) is 4.37 Å². The molecular formula is C13H18N2O3S. The van der Waals surface area contributed by atoms with Crippen LogP contribution in [0.25, 0.3) is 0 Å². The minimum atomic E-state index is -1.03. The van der Waals surface area contributed by atoms with Gasteiger partial charge in [-0.15, -0.1) is 0 Å². The Morgan fingerprint density at radius 2 is 1.95 bits per heavy atom. The van der Waals surface area contributed by atoms with Crippen molar-refractivity contribution in [3.8, 4) is 0 Å². The van der Waals surface area contributed by atoms with Crippen molar-refractivity contribution in [1.29, 1.82) is 0 Å². The van der Waals surface area contributed by atoms with Crippen molar-refractivity contribution in [2.24, 2.45) is 5.41 Å². The van der Waals surface area contributed by atoms with Crippen LogP contribution in [0, 0.1) is 12.3 Å². The smallest absolute Gasteiger partial charge is 0.340 e. The molecule has 0 saturated heterocycles. The molecule has 0 bridgehead atoms. The summed E-state index contributed by atoms with van der Waals surface area (Å²) in [6.45, 7) is 3.62. The molecule has 0 atom stereocenters. The molecule has 2 rings (SSSR count). The van der Waals surface area contributed by atoms with Gasteiger partial charge in [-0.25, -0.2) is 4.79 Å². The topological polar surface area (TPSA) is 70.5 Å². The highest BCUT2D eigenvalue weighted by molar-refractivity contribution is 7.11. The van der Waals surface area contributed by atoms with Gasteiger partial charge < -0.3 is 10.0 Å². The SMILES string of the molecule is Cc1nsc(N(C)C(=O)C2(C)CCCC2)c1C(=O)O. The van der Waals surface area contributed by atoms with Crippen molar-refractivity contribution in [2.45, 2.75) is 39.5 Å². The molecule has 0 aliphatic heterocycles. The van der Waals surface area contributed by atoms with E-state index < -0.39 is 5.97 Å². The van der Waals surface area contributed by atoms with Crippen molar-refractivity contribution in [3.05, 3.63) is 11.3 Å². The molecule has 6 heteroatoms. The first-order chi connectivity index (χ1) is 8.87. The van der Waals surface area contributed by atoms with Crippen LogP contribution in [0.5, 0.6) is 0 Å². The van der Waals surface area contributed by atoms with Crippen molar-refractivity contribution in [2.75, 3.05) is 11.9 Å². The monoisotopic (exact) mass is 282 g/mol. The number of anilines is 1. The lowest BCUT2D eigenvalue weighted by atomic mass is 9.87. The van der Waals surface area contributed by atoms with E-state index in [0.717, 1.165) is 37.2 Å². The van der Waals surface area contributed by atoms with Gasteiger partial charge in [-0.3, -0.25) is 4.79 Å². The van der Waals surface area contributed by atoms with E-state index in [2.05, 4.69) is 4.37 Å². The van der Waals surface area contributed by atoms with Gasteiger partial charge in [-0.2, -0.15) is 4.37 Å². The number of carboxylic acid groups (broad SMARTS) is 1. The number of rotatable bonds is 3. The van der Waals surface area contributed by atoms with Gasteiger partial charge in [0.05, 0.1) is 5.69 Å². The molecule has 0 unspecified atom stereocenters. The Morgan fingerprint density at radius 3 is 2.47 bits per heavy atom. The van der Waals surface area contributed by atoms with Crippen LogP contribution in [0.4, 0.5) is 5.00 Å². The fourth-order valence-corrected chi connectivity index (χ4v) is 3.55. The highest BCUT2D eigenvalue weighted by atomic mass is 32.1. The molecule has 104 valence electrons. The normalized spacial score (nSPS) is 17.4. The van der Waals surface area contributed by atoms with Gasteiger partial charge in [0.15, 0.2) is 0 Å². The van der Waals surface area contributed by atoms with Gasteiger partial charge in [0.1, 0.15) is 10.6 Å². The zero-order chi connectivity index (χ0) is 14.2. The molecule has 0 radical (unpaired) electrons. The number of carbonyl (C=O) groups excluding carboxylic acids is 1. The van der Waals surface area contributed by atoms with Gasteiger partial charge >= 0.3 is 5.97 Å². The zero-order valence-electron chi connectivity index (χ0n) is 11.4. The minimum absolute atomic E-state index is 0.00356. The lowest BCUT2D eigenvalue weighted by Gasteiger charge is -2.28. The Balaban J connectivity index is 2.32. The van der Waals surface area contributed by atoms with Crippen LogP contribution < -0.4 is 4.90 Å². The highest BCUT2D eigenvalue weighted by Crippen LogP contribution is 2.41. The number of amides is 1. The third-order valence-electron chi connectivity index (χ3n) is 3.89. The van der Waals surface area contributed by atoms with Crippen LogP contribution in [0.1, 0.15) is 48.7 Å². The Bertz CT molecular complexity index is 518. The summed E-state index contributed by atoms with van der Waals surface area (Å²) in [4.78, 5) is 25.3. The average Bonchev–Trinajstić information content (AvgIpc) is 2.94. The van der Waals surface area contributed by atoms with E-state index in [0.29, 0.717) is 10.7 Å². The zero-order valence-corrected chi connectivity index (χ0v) is 12.2. The number of hydrogen-bond donors (Lipinski definition) is 1. The van der Waals surface area contributed by atoms with Crippen molar-refractivity contribution >= 4 is 28.4 Å². The standard InChI is InChI=1S/C13H18N2O3S/c1-8-9(11(16)17)10(19-14-8)15(3)12(18)13(2)6-4-5-7-13/h4-7H2,1-3H3,(H,16,17). The number of nitrogens with zero attached hydrogens (tertiary/aromatic N) is 2. The average molecular weight is 282 g/mol. The van der Waals surface area contributed by atoms with Crippen LogP contribution in [0.3, 0.4) is 0 Å². The summed E-state index contributed by atoms with van der Waals surface area (Å²) in [5.41, 5.74) is 0.244. The summed E-state index contributed by atoms with van der Waals surface area (Å²) < 4.78 is 4.06. The van der Waals surface area contributed by atoms with Crippen LogP contribution in [-0.4, -0.2) is 28.4 Å². The first-order valence-corrected chi connectivity index (χ1v) is 7.12. The molecular weight excluding hydrogens is 264 g/mol. The fourth-order valence-electron chi connectivity index (χ4n) is 2.70. The molecule has 1 fully saturated rings. The van der Waals surface area contributed by atoms with Gasteiger partial charge in [0, 0.05) is 12.5 Å². The predicted octanol–water partition coefficient (Wildman–Crippen LogP) is 2.69. The number of aromatic nitrogens is 1. The molecule has 1 saturated carbocycles. The Kier molecular flexibility index (Phi) is 3.62. The van der Waals surface area contributed by atoms with E-state index in [-0.39, 0.29) is 16.9 Å². The van der Waals surface area contributed by atoms with Gasteiger partial charge in [0.25, 0.3) is 0 Å². The van der Waals surface area contributed by atoms with Crippen molar-refractivity contribution < 1.29 is 14.7 Å². The van der Waals surface area contributed by atoms with E-state index in [9.17, 15) is 14.7 Å². The summed E-state index contributed by atoms with van der Waals surface area (Å²) >= 11 is 1.07. The van der Waals surface area contributed by atoms with E-state index in [1.807, 2.05) is 6.92 Å². The fraction of sp³-hybridized carbons (Fsp3) is 0.615. The molecule has 0 aromatic carbocycles. The quantitative estimate of drug-likeness (QED) is 0.925. The number of aryl methyl sites for hydroxylation is 1.